The molecule has 17 heavy (non-hydrogen) atoms. The summed E-state index contributed by atoms with van der Waals surface area (Å²) in [6.45, 7) is 6.86. The van der Waals surface area contributed by atoms with Crippen molar-refractivity contribution in [3.8, 4) is 0 Å². The third-order valence-electron chi connectivity index (χ3n) is 3.01. The van der Waals surface area contributed by atoms with Crippen LogP contribution in [0.15, 0.2) is 0 Å². The second-order valence-electron chi connectivity index (χ2n) is 4.80. The number of hydrogen-bond acceptors (Lipinski definition) is 4. The van der Waals surface area contributed by atoms with Crippen LogP contribution in [-0.4, -0.2) is 46.0 Å². The van der Waals surface area contributed by atoms with Crippen molar-refractivity contribution < 1.29 is 13.2 Å². The Morgan fingerprint density at radius 3 is 2.53 bits per heavy atom. The van der Waals surface area contributed by atoms with Gasteiger partial charge >= 0.3 is 0 Å². The number of hydrogen-bond donors (Lipinski definition) is 2. The van der Waals surface area contributed by atoms with Gasteiger partial charge in [0.05, 0.1) is 5.75 Å². The van der Waals surface area contributed by atoms with Gasteiger partial charge in [-0.05, 0) is 39.3 Å². The average Bonchev–Trinajstić information content (AvgIpc) is 2.24. The second-order valence-corrected chi connectivity index (χ2v) is 6.64. The zero-order chi connectivity index (χ0) is 12.8. The number of ether oxygens (including phenoxy) is 1. The van der Waals surface area contributed by atoms with E-state index in [1.807, 2.05) is 13.8 Å². The van der Waals surface area contributed by atoms with E-state index in [1.54, 1.807) is 0 Å². The molecule has 0 unspecified atom stereocenters. The molecule has 1 saturated heterocycles. The summed E-state index contributed by atoms with van der Waals surface area (Å²) in [5.41, 5.74) is -0.324. The molecule has 0 aromatic heterocycles. The molecule has 1 aliphatic heterocycles. The quantitative estimate of drug-likeness (QED) is 0.656. The van der Waals surface area contributed by atoms with Gasteiger partial charge in [-0.15, -0.1) is 0 Å². The van der Waals surface area contributed by atoms with Crippen LogP contribution in [0.1, 0.15) is 33.1 Å². The fraction of sp³-hybridized carbons (Fsp3) is 1.00. The summed E-state index contributed by atoms with van der Waals surface area (Å²) in [6, 6.07) is 0. The van der Waals surface area contributed by atoms with Gasteiger partial charge < -0.3 is 10.1 Å². The van der Waals surface area contributed by atoms with Crippen molar-refractivity contribution in [3.05, 3.63) is 0 Å². The minimum absolute atomic E-state index is 0.191. The smallest absolute Gasteiger partial charge is 0.212 e. The van der Waals surface area contributed by atoms with E-state index < -0.39 is 10.0 Å². The molecule has 1 heterocycles. The van der Waals surface area contributed by atoms with Crippen molar-refractivity contribution in [2.75, 3.05) is 32.1 Å². The summed E-state index contributed by atoms with van der Waals surface area (Å²) in [4.78, 5) is 0. The molecule has 0 saturated carbocycles. The minimum Gasteiger partial charge on any atom is -0.381 e. The first-order valence-corrected chi connectivity index (χ1v) is 7.93. The molecule has 1 fully saturated rings. The van der Waals surface area contributed by atoms with Gasteiger partial charge in [0, 0.05) is 18.8 Å². The first kappa shape index (κ1) is 14.9. The summed E-state index contributed by atoms with van der Waals surface area (Å²) in [7, 11) is -3.17. The van der Waals surface area contributed by atoms with Crippen LogP contribution in [-0.2, 0) is 14.8 Å². The normalized spacial score (nSPS) is 20.4. The van der Waals surface area contributed by atoms with Crippen LogP contribution in [0.25, 0.3) is 0 Å². The molecule has 0 aliphatic carbocycles. The van der Waals surface area contributed by atoms with Crippen molar-refractivity contribution in [1.82, 2.24) is 10.0 Å². The molecule has 102 valence electrons. The van der Waals surface area contributed by atoms with Crippen LogP contribution in [0.3, 0.4) is 0 Å². The van der Waals surface area contributed by atoms with E-state index in [4.69, 9.17) is 4.74 Å². The first-order valence-electron chi connectivity index (χ1n) is 6.27. The molecule has 0 amide bonds. The SMILES string of the molecule is CCNCCCS(=O)(=O)NC1(C)CCOCC1. The largest absolute Gasteiger partial charge is 0.381 e. The highest BCUT2D eigenvalue weighted by atomic mass is 32.2. The number of nitrogens with one attached hydrogen (secondary N) is 2. The van der Waals surface area contributed by atoms with E-state index in [-0.39, 0.29) is 11.3 Å². The molecule has 0 aromatic carbocycles. The molecule has 0 atom stereocenters. The van der Waals surface area contributed by atoms with Crippen molar-refractivity contribution in [2.45, 2.75) is 38.6 Å². The Morgan fingerprint density at radius 2 is 1.94 bits per heavy atom. The average molecular weight is 264 g/mol. The maximum atomic E-state index is 11.9. The first-order chi connectivity index (χ1) is 7.97. The van der Waals surface area contributed by atoms with Gasteiger partial charge in [0.2, 0.25) is 10.0 Å². The molecule has 2 N–H and O–H groups in total. The predicted octanol–water partition coefficient (Wildman–Crippen LogP) is 0.475. The van der Waals surface area contributed by atoms with Crippen LogP contribution >= 0.6 is 0 Å². The van der Waals surface area contributed by atoms with E-state index in [9.17, 15) is 8.42 Å². The van der Waals surface area contributed by atoms with E-state index in [0.29, 0.717) is 19.6 Å². The van der Waals surface area contributed by atoms with Crippen LogP contribution in [0.4, 0.5) is 0 Å². The number of sulfonamides is 1. The van der Waals surface area contributed by atoms with Crippen LogP contribution in [0, 0.1) is 0 Å². The monoisotopic (exact) mass is 264 g/mol. The molecule has 0 aromatic rings. The van der Waals surface area contributed by atoms with Crippen molar-refractivity contribution >= 4 is 10.0 Å². The maximum Gasteiger partial charge on any atom is 0.212 e. The highest BCUT2D eigenvalue weighted by Gasteiger charge is 2.31. The molecule has 0 bridgehead atoms. The van der Waals surface area contributed by atoms with E-state index in [2.05, 4.69) is 10.0 Å². The Kier molecular flexibility index (Phi) is 5.85. The summed E-state index contributed by atoms with van der Waals surface area (Å²) in [5.74, 6) is 0.191. The lowest BCUT2D eigenvalue weighted by molar-refractivity contribution is 0.0537. The topological polar surface area (TPSA) is 67.4 Å². The molecule has 1 rings (SSSR count). The lowest BCUT2D eigenvalue weighted by atomic mass is 9.94. The third kappa shape index (κ3) is 5.81. The van der Waals surface area contributed by atoms with Gasteiger partial charge in [-0.3, -0.25) is 0 Å². The maximum absolute atomic E-state index is 11.9. The Labute approximate surface area is 104 Å². The highest BCUT2D eigenvalue weighted by molar-refractivity contribution is 7.89. The highest BCUT2D eigenvalue weighted by Crippen LogP contribution is 2.20. The summed E-state index contributed by atoms with van der Waals surface area (Å²) in [5, 5.41) is 3.12. The molecular weight excluding hydrogens is 240 g/mol. The van der Waals surface area contributed by atoms with Gasteiger partial charge in [-0.25, -0.2) is 13.1 Å². The molecule has 6 heteroatoms. The Bertz CT molecular complexity index is 311. The fourth-order valence-electron chi connectivity index (χ4n) is 1.91. The van der Waals surface area contributed by atoms with Crippen molar-refractivity contribution in [2.24, 2.45) is 0 Å². The lowest BCUT2D eigenvalue weighted by Gasteiger charge is -2.34. The van der Waals surface area contributed by atoms with Gasteiger partial charge in [0.15, 0.2) is 0 Å². The Balaban J connectivity index is 2.37. The van der Waals surface area contributed by atoms with E-state index >= 15 is 0 Å². The van der Waals surface area contributed by atoms with Gasteiger partial charge in [0.25, 0.3) is 0 Å². The molecule has 1 aliphatic rings. The predicted molar refractivity (Wildman–Crippen MR) is 68.5 cm³/mol. The van der Waals surface area contributed by atoms with E-state index in [1.165, 1.54) is 0 Å². The summed E-state index contributed by atoms with van der Waals surface area (Å²) in [6.07, 6.45) is 2.15. The zero-order valence-corrected chi connectivity index (χ0v) is 11.6. The minimum atomic E-state index is -3.17. The standard InChI is InChI=1S/C11H24N2O3S/c1-3-12-7-4-10-17(14,15)13-11(2)5-8-16-9-6-11/h12-13H,3-10H2,1-2H3. The van der Waals surface area contributed by atoms with Crippen molar-refractivity contribution in [1.29, 1.82) is 0 Å². The molecule has 0 spiro atoms. The third-order valence-corrected chi connectivity index (χ3v) is 4.64. The van der Waals surface area contributed by atoms with E-state index in [0.717, 1.165) is 25.9 Å². The lowest BCUT2D eigenvalue weighted by Crippen LogP contribution is -2.50. The van der Waals surface area contributed by atoms with Gasteiger partial charge in [-0.1, -0.05) is 6.92 Å². The van der Waals surface area contributed by atoms with Crippen LogP contribution < -0.4 is 10.0 Å². The zero-order valence-electron chi connectivity index (χ0n) is 10.8. The second kappa shape index (κ2) is 6.68. The van der Waals surface area contributed by atoms with Crippen LogP contribution in [0.5, 0.6) is 0 Å². The summed E-state index contributed by atoms with van der Waals surface area (Å²) >= 11 is 0. The number of rotatable bonds is 7. The van der Waals surface area contributed by atoms with Gasteiger partial charge in [-0.2, -0.15) is 0 Å². The fourth-order valence-corrected chi connectivity index (χ4v) is 3.50. The molecule has 5 nitrogen and oxygen atoms in total. The van der Waals surface area contributed by atoms with Gasteiger partial charge in [0.1, 0.15) is 0 Å². The molecule has 0 radical (unpaired) electrons. The Hall–Kier alpha value is -0.170. The molecular formula is C11H24N2O3S. The van der Waals surface area contributed by atoms with Crippen LogP contribution in [0.2, 0.25) is 0 Å². The Morgan fingerprint density at radius 1 is 1.29 bits per heavy atom. The summed E-state index contributed by atoms with van der Waals surface area (Å²) < 4.78 is 31.8. The van der Waals surface area contributed by atoms with Crippen molar-refractivity contribution in [3.63, 3.8) is 0 Å².